The number of nitrogens with one attached hydrogen (secondary N) is 1. The molecule has 4 rings (SSSR count). The fraction of sp³-hybridized carbons (Fsp3) is 0.389. The number of rotatable bonds is 7. The van der Waals surface area contributed by atoms with Gasteiger partial charge in [0.05, 0.1) is 24.5 Å². The van der Waals surface area contributed by atoms with E-state index in [1.54, 1.807) is 16.9 Å². The van der Waals surface area contributed by atoms with E-state index in [9.17, 15) is 4.79 Å². The summed E-state index contributed by atoms with van der Waals surface area (Å²) in [4.78, 5) is 12.4. The fourth-order valence-electron chi connectivity index (χ4n) is 3.30. The van der Waals surface area contributed by atoms with E-state index in [0.29, 0.717) is 28.6 Å². The summed E-state index contributed by atoms with van der Waals surface area (Å²) in [6, 6.07) is 9.68. The van der Waals surface area contributed by atoms with Gasteiger partial charge in [-0.05, 0) is 41.0 Å². The average Bonchev–Trinajstić information content (AvgIpc) is 3.44. The molecule has 0 saturated heterocycles. The smallest absolute Gasteiger partial charge is 0.235 e. The predicted octanol–water partition coefficient (Wildman–Crippen LogP) is 3.42. The van der Waals surface area contributed by atoms with Gasteiger partial charge in [-0.1, -0.05) is 48.3 Å². The van der Waals surface area contributed by atoms with Gasteiger partial charge in [-0.25, -0.2) is 9.36 Å². The van der Waals surface area contributed by atoms with Crippen molar-refractivity contribution in [2.24, 2.45) is 0 Å². The van der Waals surface area contributed by atoms with Gasteiger partial charge in [0.1, 0.15) is 5.82 Å². The van der Waals surface area contributed by atoms with Gasteiger partial charge < -0.3 is 5.32 Å². The number of carbonyl (C=O) groups is 1. The van der Waals surface area contributed by atoms with E-state index < -0.39 is 0 Å². The Bertz CT molecular complexity index is 934. The third kappa shape index (κ3) is 4.53. The highest BCUT2D eigenvalue weighted by Gasteiger charge is 2.22. The molecule has 1 N–H and O–H groups in total. The maximum Gasteiger partial charge on any atom is 0.235 e. The van der Waals surface area contributed by atoms with Crippen LogP contribution in [0.15, 0.2) is 41.7 Å². The van der Waals surface area contributed by atoms with Gasteiger partial charge in [-0.2, -0.15) is 5.10 Å². The number of thioether (sulfide) groups is 1. The molecule has 0 atom stereocenters. The first-order valence-corrected chi connectivity index (χ1v) is 10.5. The van der Waals surface area contributed by atoms with Gasteiger partial charge >= 0.3 is 0 Å². The number of tetrazole rings is 1. The largest absolute Gasteiger partial charge is 0.310 e. The predicted molar refractivity (Wildman–Crippen MR) is 107 cm³/mol. The van der Waals surface area contributed by atoms with Crippen molar-refractivity contribution in [3.63, 3.8) is 0 Å². The molecule has 0 aliphatic heterocycles. The van der Waals surface area contributed by atoms with Crippen LogP contribution >= 0.6 is 23.4 Å². The summed E-state index contributed by atoms with van der Waals surface area (Å²) in [5.41, 5.74) is 1.05. The molecule has 1 aliphatic rings. The van der Waals surface area contributed by atoms with E-state index in [2.05, 4.69) is 25.9 Å². The fourth-order valence-corrected chi connectivity index (χ4v) is 4.17. The molecule has 10 heteroatoms. The van der Waals surface area contributed by atoms with Crippen LogP contribution in [0.2, 0.25) is 5.02 Å². The Hall–Kier alpha value is -2.39. The molecule has 0 spiro atoms. The van der Waals surface area contributed by atoms with E-state index in [1.807, 2.05) is 28.9 Å². The van der Waals surface area contributed by atoms with Crippen LogP contribution in [-0.2, 0) is 11.3 Å². The number of anilines is 1. The van der Waals surface area contributed by atoms with Crippen molar-refractivity contribution in [1.82, 2.24) is 30.0 Å². The zero-order chi connectivity index (χ0) is 19.3. The zero-order valence-electron chi connectivity index (χ0n) is 15.2. The Morgan fingerprint density at radius 1 is 1.21 bits per heavy atom. The lowest BCUT2D eigenvalue weighted by molar-refractivity contribution is -0.113. The van der Waals surface area contributed by atoms with Gasteiger partial charge in [0.2, 0.25) is 11.1 Å². The third-order valence-corrected chi connectivity index (χ3v) is 5.88. The summed E-state index contributed by atoms with van der Waals surface area (Å²) in [5, 5.41) is 20.5. The second-order valence-corrected chi connectivity index (χ2v) is 8.06. The zero-order valence-corrected chi connectivity index (χ0v) is 16.7. The lowest BCUT2D eigenvalue weighted by Crippen LogP contribution is -2.18. The Balaban J connectivity index is 1.34. The van der Waals surface area contributed by atoms with Crippen LogP contribution in [0.4, 0.5) is 5.82 Å². The van der Waals surface area contributed by atoms with Gasteiger partial charge in [0.15, 0.2) is 0 Å². The number of aromatic nitrogens is 6. The monoisotopic (exact) mass is 417 g/mol. The van der Waals surface area contributed by atoms with Crippen LogP contribution < -0.4 is 5.32 Å². The number of halogens is 1. The van der Waals surface area contributed by atoms with E-state index in [-0.39, 0.29) is 11.7 Å². The number of benzene rings is 1. The Kier molecular flexibility index (Phi) is 5.92. The molecular formula is C18H20ClN7OS. The quantitative estimate of drug-likeness (QED) is 0.592. The first-order chi connectivity index (χ1) is 13.7. The molecule has 0 bridgehead atoms. The second-order valence-electron chi connectivity index (χ2n) is 6.68. The van der Waals surface area contributed by atoms with Crippen molar-refractivity contribution in [1.29, 1.82) is 0 Å². The van der Waals surface area contributed by atoms with Crippen molar-refractivity contribution in [3.05, 3.63) is 47.1 Å². The van der Waals surface area contributed by atoms with Crippen molar-refractivity contribution in [2.45, 2.75) is 43.4 Å². The van der Waals surface area contributed by atoms with Crippen molar-refractivity contribution >= 4 is 35.1 Å². The molecule has 1 aromatic carbocycles. The molecular weight excluding hydrogens is 398 g/mol. The Morgan fingerprint density at radius 2 is 2.00 bits per heavy atom. The first kappa shape index (κ1) is 18.9. The highest BCUT2D eigenvalue weighted by atomic mass is 35.5. The molecule has 0 radical (unpaired) electrons. The van der Waals surface area contributed by atoms with Crippen LogP contribution in [-0.4, -0.2) is 41.6 Å². The van der Waals surface area contributed by atoms with E-state index in [0.717, 1.165) is 18.4 Å². The maximum atomic E-state index is 12.4. The van der Waals surface area contributed by atoms with Crippen LogP contribution in [0, 0.1) is 0 Å². The van der Waals surface area contributed by atoms with Crippen LogP contribution in [0.5, 0.6) is 0 Å². The minimum atomic E-state index is -0.121. The van der Waals surface area contributed by atoms with E-state index >= 15 is 0 Å². The Labute approximate surface area is 171 Å². The number of hydrogen-bond acceptors (Lipinski definition) is 6. The van der Waals surface area contributed by atoms with Crippen LogP contribution in [0.3, 0.4) is 0 Å². The van der Waals surface area contributed by atoms with Gasteiger partial charge in [-0.15, -0.1) is 5.10 Å². The van der Waals surface area contributed by atoms with E-state index in [4.69, 9.17) is 11.6 Å². The first-order valence-electron chi connectivity index (χ1n) is 9.16. The molecule has 1 aliphatic carbocycles. The highest BCUT2D eigenvalue weighted by Crippen LogP contribution is 2.31. The number of hydrogen-bond donors (Lipinski definition) is 1. The van der Waals surface area contributed by atoms with E-state index in [1.165, 1.54) is 24.6 Å². The molecule has 1 amide bonds. The normalized spacial score (nSPS) is 14.5. The minimum Gasteiger partial charge on any atom is -0.310 e. The minimum absolute atomic E-state index is 0.121. The summed E-state index contributed by atoms with van der Waals surface area (Å²) in [6.07, 6.45) is 6.25. The second kappa shape index (κ2) is 8.74. The summed E-state index contributed by atoms with van der Waals surface area (Å²) in [7, 11) is 0. The molecule has 2 heterocycles. The topological polar surface area (TPSA) is 90.5 Å². The maximum absolute atomic E-state index is 12.4. The molecule has 8 nitrogen and oxygen atoms in total. The summed E-state index contributed by atoms with van der Waals surface area (Å²) < 4.78 is 3.60. The lowest BCUT2D eigenvalue weighted by Gasteiger charge is -2.11. The summed E-state index contributed by atoms with van der Waals surface area (Å²) in [6.45, 7) is 0.548. The molecule has 1 fully saturated rings. The number of amides is 1. The Morgan fingerprint density at radius 3 is 2.79 bits per heavy atom. The average molecular weight is 418 g/mol. The summed E-state index contributed by atoms with van der Waals surface area (Å²) >= 11 is 7.28. The van der Waals surface area contributed by atoms with Gasteiger partial charge in [0.25, 0.3) is 0 Å². The number of carbonyl (C=O) groups excluding carboxylic acids is 1. The van der Waals surface area contributed by atoms with Crippen LogP contribution in [0.1, 0.15) is 37.3 Å². The highest BCUT2D eigenvalue weighted by molar-refractivity contribution is 7.99. The standard InChI is InChI=1S/C18H20ClN7OS/c19-14-7-5-13(6-8-14)11-25-16(9-10-20-25)21-17(27)12-28-18-22-23-24-26(18)15-3-1-2-4-15/h5-10,15H,1-4,11-12H2,(H,21,27). The molecule has 1 saturated carbocycles. The number of nitrogens with zero attached hydrogens (tertiary/aromatic N) is 6. The van der Waals surface area contributed by atoms with Crippen molar-refractivity contribution in [3.8, 4) is 0 Å². The molecule has 146 valence electrons. The van der Waals surface area contributed by atoms with Crippen LogP contribution in [0.25, 0.3) is 0 Å². The van der Waals surface area contributed by atoms with Crippen molar-refractivity contribution in [2.75, 3.05) is 11.1 Å². The SMILES string of the molecule is O=C(CSc1nnnn1C1CCCC1)Nc1ccnn1Cc1ccc(Cl)cc1. The molecule has 2 aromatic heterocycles. The van der Waals surface area contributed by atoms with Crippen molar-refractivity contribution < 1.29 is 4.79 Å². The summed E-state index contributed by atoms with van der Waals surface area (Å²) in [5.74, 6) is 0.763. The molecule has 0 unspecified atom stereocenters. The molecule has 3 aromatic rings. The lowest BCUT2D eigenvalue weighted by atomic mass is 10.2. The molecule has 28 heavy (non-hydrogen) atoms. The van der Waals surface area contributed by atoms with Gasteiger partial charge in [-0.3, -0.25) is 4.79 Å². The third-order valence-electron chi connectivity index (χ3n) is 4.70. The van der Waals surface area contributed by atoms with Gasteiger partial charge in [0, 0.05) is 11.1 Å².